The van der Waals surface area contributed by atoms with Crippen LogP contribution in [0.15, 0.2) is 388 Å². The number of hydrogen-bond donors (Lipinski definition) is 0. The van der Waals surface area contributed by atoms with E-state index in [1.54, 1.807) is 0 Å². The Morgan fingerprint density at radius 3 is 0.311 bits per heavy atom. The van der Waals surface area contributed by atoms with E-state index in [1.165, 1.54) is 315 Å². The lowest BCUT2D eigenvalue weighted by Gasteiger charge is -2.16. The van der Waals surface area contributed by atoms with Crippen LogP contribution in [0.3, 0.4) is 0 Å². The van der Waals surface area contributed by atoms with Gasteiger partial charge >= 0.3 is 0 Å². The van der Waals surface area contributed by atoms with E-state index in [-0.39, 0.29) is 0 Å². The molecule has 0 aromatic heterocycles. The molecule has 0 radical (unpaired) electrons. The maximum Gasteiger partial charge on any atom is -0.000717 e. The topological polar surface area (TPSA) is 0 Å². The molecule has 0 spiro atoms. The molecule has 0 saturated carbocycles. The molecule has 0 fully saturated rings. The summed E-state index contributed by atoms with van der Waals surface area (Å²) >= 11 is 0. The third-order valence-electron chi connectivity index (χ3n) is 29.1. The molecule has 0 amide bonds. The lowest BCUT2D eigenvalue weighted by Crippen LogP contribution is -1.88. The summed E-state index contributed by atoms with van der Waals surface area (Å²) in [5.74, 6) is 0. The fourth-order valence-corrected chi connectivity index (χ4v) is 25.0. The molecular formula is C122H64. The van der Waals surface area contributed by atoms with Crippen molar-refractivity contribution in [2.24, 2.45) is 0 Å². The highest BCUT2D eigenvalue weighted by Gasteiger charge is 2.37. The average molecular weight is 1530 g/mol. The molecule has 0 aliphatic heterocycles. The van der Waals surface area contributed by atoms with Crippen LogP contribution in [0.25, 0.3) is 315 Å². The summed E-state index contributed by atoms with van der Waals surface area (Å²) in [6.07, 6.45) is 0. The number of fused-ring (bicyclic) bond motifs is 24. The predicted octanol–water partition coefficient (Wildman–Crippen LogP) is 34.7. The highest BCUT2D eigenvalue weighted by atomic mass is 14.4. The molecule has 0 nitrogen and oxygen atoms in total. The molecule has 0 aliphatic carbocycles. The van der Waals surface area contributed by atoms with E-state index in [0.717, 1.165) is 0 Å². The molecule has 0 atom stereocenters. The van der Waals surface area contributed by atoms with Gasteiger partial charge in [-0.1, -0.05) is 388 Å². The maximum atomic E-state index is 2.56. The van der Waals surface area contributed by atoms with Gasteiger partial charge in [-0.25, -0.2) is 0 Å². The summed E-state index contributed by atoms with van der Waals surface area (Å²) in [5.41, 5.74) is 20.2. The normalized spacial score (nSPS) is 12.8. The smallest absolute Gasteiger partial charge is 0.000717 e. The molecule has 30 aromatic carbocycles. The molecular weight excluding hydrogens is 1470 g/mol. The van der Waals surface area contributed by atoms with E-state index in [2.05, 4.69) is 388 Å². The van der Waals surface area contributed by atoms with Crippen LogP contribution >= 0.6 is 0 Å². The van der Waals surface area contributed by atoms with E-state index in [4.69, 9.17) is 0 Å². The van der Waals surface area contributed by atoms with Gasteiger partial charge < -0.3 is 0 Å². The van der Waals surface area contributed by atoms with Crippen molar-refractivity contribution < 1.29 is 0 Å². The molecule has 552 valence electrons. The van der Waals surface area contributed by atoms with E-state index < -0.39 is 0 Å². The highest BCUT2D eigenvalue weighted by Crippen LogP contribution is 2.65. The summed E-state index contributed by atoms with van der Waals surface area (Å²) in [4.78, 5) is 0. The van der Waals surface area contributed by atoms with Crippen molar-refractivity contribution in [2.45, 2.75) is 0 Å². The van der Waals surface area contributed by atoms with Crippen LogP contribution in [0.2, 0.25) is 0 Å². The Labute approximate surface area is 698 Å². The zero-order chi connectivity index (χ0) is 78.7. The summed E-state index contributed by atoms with van der Waals surface area (Å²) < 4.78 is 0. The van der Waals surface area contributed by atoms with Crippen molar-refractivity contribution >= 4 is 226 Å². The van der Waals surface area contributed by atoms with Crippen LogP contribution in [-0.4, -0.2) is 0 Å². The summed E-state index contributed by atoms with van der Waals surface area (Å²) in [5, 5.41) is 55.0. The van der Waals surface area contributed by atoms with Crippen LogP contribution < -0.4 is 0 Å². The van der Waals surface area contributed by atoms with Gasteiger partial charge in [0.05, 0.1) is 0 Å². The van der Waals surface area contributed by atoms with Gasteiger partial charge in [0.2, 0.25) is 0 Å². The lowest BCUT2D eigenvalue weighted by molar-refractivity contribution is 1.68. The van der Waals surface area contributed by atoms with Crippen molar-refractivity contribution in [2.75, 3.05) is 0 Å². The Morgan fingerprint density at radius 1 is 0.0738 bits per heavy atom. The number of rotatable bonds is 8. The Hall–Kier alpha value is -15.9. The first-order valence-corrected chi connectivity index (χ1v) is 43.0. The lowest BCUT2D eigenvalue weighted by atomic mass is 9.86. The van der Waals surface area contributed by atoms with Gasteiger partial charge in [0.1, 0.15) is 0 Å². The van der Waals surface area contributed by atoms with Crippen LogP contribution in [0.1, 0.15) is 0 Å². The zero-order valence-corrected chi connectivity index (χ0v) is 66.0. The van der Waals surface area contributed by atoms with E-state index >= 15 is 0 Å². The Bertz CT molecular complexity index is 8620. The summed E-state index contributed by atoms with van der Waals surface area (Å²) in [7, 11) is 0. The van der Waals surface area contributed by atoms with Crippen molar-refractivity contribution in [3.05, 3.63) is 388 Å². The molecule has 30 aromatic rings. The maximum absolute atomic E-state index is 2.56. The first-order chi connectivity index (χ1) is 60.7. The molecule has 0 N–H and O–H groups in total. The first-order valence-electron chi connectivity index (χ1n) is 43.0. The summed E-state index contributed by atoms with van der Waals surface area (Å²) in [6.45, 7) is 0. The minimum atomic E-state index is 1.22. The highest BCUT2D eigenvalue weighted by molar-refractivity contribution is 6.57. The van der Waals surface area contributed by atoms with Gasteiger partial charge in [-0.3, -0.25) is 0 Å². The van der Waals surface area contributed by atoms with Crippen LogP contribution in [0.4, 0.5) is 0 Å². The van der Waals surface area contributed by atoms with Crippen molar-refractivity contribution in [1.82, 2.24) is 0 Å². The van der Waals surface area contributed by atoms with Gasteiger partial charge in [0, 0.05) is 0 Å². The quantitative estimate of drug-likeness (QED) is 0.142. The van der Waals surface area contributed by atoms with Crippen LogP contribution in [0.5, 0.6) is 0 Å². The molecule has 0 heteroatoms. The second-order valence-corrected chi connectivity index (χ2v) is 34.6. The monoisotopic (exact) mass is 1530 g/mol. The van der Waals surface area contributed by atoms with Crippen molar-refractivity contribution in [1.29, 1.82) is 0 Å². The molecule has 0 unspecified atom stereocenters. The molecule has 0 bridgehead atoms. The molecule has 0 aliphatic rings. The van der Waals surface area contributed by atoms with Crippen LogP contribution in [-0.2, 0) is 0 Å². The number of benzene rings is 22. The molecule has 30 rings (SSSR count). The van der Waals surface area contributed by atoms with Gasteiger partial charge in [-0.15, -0.1) is 0 Å². The standard InChI is InChI=1S/C122H64/c1-9-29-67(30-10-1)93-107-75-49-25-45-65-46-26-50-76(91(65)75)108(107)94(68-31-11-2-12-32-68)112-80-54-58-84-103-83(57-53-79(101(80)103)111(93)112)115-97(71-37-17-5-18-38-71)119-87-61-63-89-106-90(64-62-88(105(87)106)120(119)98(116(84)115)72-39-19-6-20-40-72)122-100(74-43-23-8-24-44-74)118-86-60-56-82-102-81(55-59-85(104(86)102)117(118)99(121(89)122)73-41-21-7-22-42-73)113-95(69-33-13-3-14-34-69)109-77-51-27-47-66-48-28-52-78(92(66)77)110(109)96(114(82)113)70-35-15-4-16-36-70/h1-64H. The largest absolute Gasteiger partial charge is 0.0622 e. The second kappa shape index (κ2) is 23.1. The van der Waals surface area contributed by atoms with Crippen LogP contribution in [0, 0.1) is 0 Å². The van der Waals surface area contributed by atoms with Crippen molar-refractivity contribution in [3.8, 4) is 89.0 Å². The van der Waals surface area contributed by atoms with E-state index in [9.17, 15) is 0 Å². The van der Waals surface area contributed by atoms with Gasteiger partial charge in [0.15, 0.2) is 0 Å². The van der Waals surface area contributed by atoms with E-state index in [0.29, 0.717) is 0 Å². The second-order valence-electron chi connectivity index (χ2n) is 34.6. The Morgan fingerprint density at radius 2 is 0.189 bits per heavy atom. The molecule has 122 heavy (non-hydrogen) atoms. The fraction of sp³-hybridized carbons (Fsp3) is 0. The van der Waals surface area contributed by atoms with Crippen molar-refractivity contribution in [3.63, 3.8) is 0 Å². The summed E-state index contributed by atoms with van der Waals surface area (Å²) in [6, 6.07) is 150. The molecule has 0 saturated heterocycles. The molecule has 0 heterocycles. The van der Waals surface area contributed by atoms with Gasteiger partial charge in [-0.2, -0.15) is 0 Å². The fourth-order valence-electron chi connectivity index (χ4n) is 25.0. The average Bonchev–Trinajstić information content (AvgIpc) is 1.49. The SMILES string of the molecule is c1ccc(-c2c3c4cccc5cccc(c3c(-c3ccccc3)c3c6ccc7c8c(-c9ccccc9)c9c%10ccc%11c%12c(-c%13ccccc%13)c%13c%14ccc%15c%16c(-c%17ccccc%17)c%17c%18cccc%19cccc(c%17c(-c%17ccccc%17)c%16c%16ccc(c%13c(-c%13ccccc%13)c%12c%12ccc(c9c(-c9ccccc9)c8c8ccc(c23)c6c87)c%10c%12%11)c%14c%16%15)c%19%18)c54)cc1. The van der Waals surface area contributed by atoms with Gasteiger partial charge in [-0.05, 0) is 315 Å². The third-order valence-corrected chi connectivity index (χ3v) is 29.1. The first kappa shape index (κ1) is 64.2. The third kappa shape index (κ3) is 7.75. The zero-order valence-electron chi connectivity index (χ0n) is 66.0. The predicted molar refractivity (Wildman–Crippen MR) is 527 cm³/mol. The number of hydrogen-bond acceptors (Lipinski definition) is 0. The minimum Gasteiger partial charge on any atom is -0.0622 e. The van der Waals surface area contributed by atoms with E-state index in [1.807, 2.05) is 0 Å². The van der Waals surface area contributed by atoms with Gasteiger partial charge in [0.25, 0.3) is 0 Å². The Balaban J connectivity index is 0.763. The Kier molecular flexibility index (Phi) is 12.2. The minimum absolute atomic E-state index is 1.22.